The van der Waals surface area contributed by atoms with E-state index in [9.17, 15) is 21.6 Å². The number of nitrogens with zero attached hydrogens (tertiary/aromatic N) is 2. The van der Waals surface area contributed by atoms with E-state index in [1.54, 1.807) is 43.3 Å². The van der Waals surface area contributed by atoms with Crippen LogP contribution in [0.1, 0.15) is 31.7 Å². The highest BCUT2D eigenvalue weighted by Crippen LogP contribution is 2.32. The van der Waals surface area contributed by atoms with Gasteiger partial charge >= 0.3 is 0 Å². The molecule has 208 valence electrons. The molecule has 1 heterocycles. The third kappa shape index (κ3) is 6.60. The van der Waals surface area contributed by atoms with Crippen LogP contribution >= 0.6 is 0 Å². The Hall–Kier alpha value is -3.41. The molecule has 9 nitrogen and oxygen atoms in total. The first-order chi connectivity index (χ1) is 18.6. The summed E-state index contributed by atoms with van der Waals surface area (Å²) >= 11 is 0. The molecule has 0 aliphatic carbocycles. The number of carbonyl (C=O) groups excluding carboxylic acids is 1. The molecule has 1 fully saturated rings. The molecule has 0 radical (unpaired) electrons. The average molecular weight is 572 g/mol. The first kappa shape index (κ1) is 28.6. The fourth-order valence-electron chi connectivity index (χ4n) is 4.37. The van der Waals surface area contributed by atoms with Crippen LogP contribution < -0.4 is 14.4 Å². The second-order valence-corrected chi connectivity index (χ2v) is 13.1. The summed E-state index contributed by atoms with van der Waals surface area (Å²) in [6.45, 7) is 4.43. The van der Waals surface area contributed by atoms with Crippen molar-refractivity contribution in [2.75, 3.05) is 35.9 Å². The lowest BCUT2D eigenvalue weighted by Gasteiger charge is -2.26. The number of benzene rings is 3. The van der Waals surface area contributed by atoms with E-state index < -0.39 is 32.5 Å². The van der Waals surface area contributed by atoms with Crippen molar-refractivity contribution in [3.63, 3.8) is 0 Å². The van der Waals surface area contributed by atoms with Crippen molar-refractivity contribution in [1.82, 2.24) is 4.31 Å². The molecule has 0 aromatic heterocycles. The van der Waals surface area contributed by atoms with Crippen LogP contribution in [0.2, 0.25) is 0 Å². The summed E-state index contributed by atoms with van der Waals surface area (Å²) in [5.74, 6) is -0.264. The maximum absolute atomic E-state index is 13.7. The van der Waals surface area contributed by atoms with Crippen molar-refractivity contribution < 1.29 is 26.4 Å². The van der Waals surface area contributed by atoms with E-state index in [2.05, 4.69) is 5.32 Å². The van der Waals surface area contributed by atoms with Crippen LogP contribution in [0.4, 0.5) is 11.4 Å². The quantitative estimate of drug-likeness (QED) is 0.386. The normalized spacial score (nSPS) is 14.5. The van der Waals surface area contributed by atoms with Crippen LogP contribution in [0, 0.1) is 6.92 Å². The molecule has 0 unspecified atom stereocenters. The Balaban J connectivity index is 1.58. The molecular weight excluding hydrogens is 538 g/mol. The number of hydrogen-bond acceptors (Lipinski definition) is 6. The monoisotopic (exact) mass is 571 g/mol. The number of aryl methyl sites for hydroxylation is 1. The van der Waals surface area contributed by atoms with Gasteiger partial charge in [0.05, 0.1) is 22.1 Å². The molecule has 4 rings (SSSR count). The Labute approximate surface area is 230 Å². The third-order valence-corrected chi connectivity index (χ3v) is 10.1. The zero-order valence-corrected chi connectivity index (χ0v) is 23.7. The van der Waals surface area contributed by atoms with Crippen LogP contribution in [-0.4, -0.2) is 53.3 Å². The fraction of sp³-hybridized carbons (Fsp3) is 0.321. The number of piperidine rings is 1. The van der Waals surface area contributed by atoms with Crippen LogP contribution in [0.25, 0.3) is 0 Å². The molecule has 1 aliphatic heterocycles. The molecule has 1 N–H and O–H groups in total. The van der Waals surface area contributed by atoms with E-state index in [0.717, 1.165) is 29.1 Å². The fourth-order valence-corrected chi connectivity index (χ4v) is 7.32. The van der Waals surface area contributed by atoms with E-state index >= 15 is 0 Å². The van der Waals surface area contributed by atoms with E-state index in [4.69, 9.17) is 4.74 Å². The molecule has 1 aliphatic rings. The molecule has 0 spiro atoms. The van der Waals surface area contributed by atoms with Gasteiger partial charge in [-0.1, -0.05) is 36.2 Å². The first-order valence-electron chi connectivity index (χ1n) is 12.8. The number of carbonyl (C=O) groups is 1. The molecule has 11 heteroatoms. The molecular formula is C28H33N3O6S2. The minimum absolute atomic E-state index is 0.0412. The summed E-state index contributed by atoms with van der Waals surface area (Å²) in [6.07, 6.45) is 2.69. The lowest BCUT2D eigenvalue weighted by Crippen LogP contribution is -2.38. The van der Waals surface area contributed by atoms with Gasteiger partial charge in [-0.15, -0.1) is 0 Å². The van der Waals surface area contributed by atoms with Crippen LogP contribution in [-0.2, 0) is 24.8 Å². The number of ether oxygens (including phenoxy) is 1. The third-order valence-electron chi connectivity index (χ3n) is 6.42. The number of rotatable bonds is 10. The lowest BCUT2D eigenvalue weighted by atomic mass is 10.2. The number of hydrogen-bond donors (Lipinski definition) is 1. The predicted molar refractivity (Wildman–Crippen MR) is 151 cm³/mol. The summed E-state index contributed by atoms with van der Waals surface area (Å²) in [5, 5.41) is 2.69. The van der Waals surface area contributed by atoms with Gasteiger partial charge in [-0.2, -0.15) is 4.31 Å². The highest BCUT2D eigenvalue weighted by Gasteiger charge is 2.30. The van der Waals surface area contributed by atoms with Gasteiger partial charge in [-0.05, 0) is 75.2 Å². The number of nitrogens with one attached hydrogen (secondary N) is 1. The SMILES string of the molecule is CCOc1ccccc1N(CC(=O)Nc1ccc(S(=O)(=O)N2CCCCC2)cc1)S(=O)(=O)c1ccc(C)cc1. The van der Waals surface area contributed by atoms with Crippen molar-refractivity contribution >= 4 is 37.3 Å². The predicted octanol–water partition coefficient (Wildman–Crippen LogP) is 4.40. The average Bonchev–Trinajstić information content (AvgIpc) is 2.93. The van der Waals surface area contributed by atoms with Gasteiger partial charge in [0, 0.05) is 18.8 Å². The van der Waals surface area contributed by atoms with E-state index in [1.807, 2.05) is 6.92 Å². The zero-order valence-electron chi connectivity index (χ0n) is 22.0. The Kier molecular flexibility index (Phi) is 8.94. The summed E-state index contributed by atoms with van der Waals surface area (Å²) < 4.78 is 61.4. The molecule has 0 saturated carbocycles. The molecule has 0 bridgehead atoms. The number of amides is 1. The Morgan fingerprint density at radius 1 is 0.872 bits per heavy atom. The number of sulfonamides is 2. The maximum atomic E-state index is 13.7. The van der Waals surface area contributed by atoms with Crippen LogP contribution in [0.3, 0.4) is 0 Å². The highest BCUT2D eigenvalue weighted by atomic mass is 32.2. The summed E-state index contributed by atoms with van der Waals surface area (Å²) in [7, 11) is -7.74. The molecule has 3 aromatic rings. The van der Waals surface area contributed by atoms with Crippen LogP contribution in [0.15, 0.2) is 82.6 Å². The van der Waals surface area contributed by atoms with Crippen molar-refractivity contribution in [2.24, 2.45) is 0 Å². The van der Waals surface area contributed by atoms with Crippen molar-refractivity contribution in [1.29, 1.82) is 0 Å². The molecule has 1 saturated heterocycles. The largest absolute Gasteiger partial charge is 0.492 e. The van der Waals surface area contributed by atoms with Crippen LogP contribution in [0.5, 0.6) is 5.75 Å². The van der Waals surface area contributed by atoms with Gasteiger partial charge < -0.3 is 10.1 Å². The standard InChI is InChI=1S/C28H33N3O6S2/c1-3-37-27-10-6-5-9-26(27)31(39(35,36)25-15-11-22(2)12-16-25)21-28(32)29-23-13-17-24(18-14-23)38(33,34)30-19-7-4-8-20-30/h5-6,9-18H,3-4,7-8,19-21H2,1-2H3,(H,29,32). The smallest absolute Gasteiger partial charge is 0.264 e. The Morgan fingerprint density at radius 3 is 2.13 bits per heavy atom. The lowest BCUT2D eigenvalue weighted by molar-refractivity contribution is -0.114. The van der Waals surface area contributed by atoms with Gasteiger partial charge in [0.2, 0.25) is 15.9 Å². The molecule has 39 heavy (non-hydrogen) atoms. The van der Waals surface area contributed by atoms with Gasteiger partial charge in [-0.25, -0.2) is 16.8 Å². The van der Waals surface area contributed by atoms with Crippen molar-refractivity contribution in [3.8, 4) is 5.75 Å². The summed E-state index contributed by atoms with van der Waals surface area (Å²) in [6, 6.07) is 18.9. The minimum Gasteiger partial charge on any atom is -0.492 e. The second-order valence-electron chi connectivity index (χ2n) is 9.26. The first-order valence-corrected chi connectivity index (χ1v) is 15.7. The second kappa shape index (κ2) is 12.2. The summed E-state index contributed by atoms with van der Waals surface area (Å²) in [5.41, 5.74) is 1.49. The van der Waals surface area contributed by atoms with Gasteiger partial charge in [-0.3, -0.25) is 9.10 Å². The topological polar surface area (TPSA) is 113 Å². The van der Waals surface area contributed by atoms with Crippen molar-refractivity contribution in [2.45, 2.75) is 42.9 Å². The van der Waals surface area contributed by atoms with E-state index in [-0.39, 0.29) is 15.5 Å². The molecule has 0 atom stereocenters. The Bertz CT molecular complexity index is 1500. The van der Waals surface area contributed by atoms with Gasteiger partial charge in [0.15, 0.2) is 0 Å². The minimum atomic E-state index is -4.13. The number of anilines is 2. The van der Waals surface area contributed by atoms with E-state index in [1.165, 1.54) is 40.7 Å². The van der Waals surface area contributed by atoms with Gasteiger partial charge in [0.25, 0.3) is 10.0 Å². The maximum Gasteiger partial charge on any atom is 0.264 e. The van der Waals surface area contributed by atoms with Crippen molar-refractivity contribution in [3.05, 3.63) is 78.4 Å². The van der Waals surface area contributed by atoms with Gasteiger partial charge in [0.1, 0.15) is 12.3 Å². The zero-order chi connectivity index (χ0) is 28.0. The molecule has 3 aromatic carbocycles. The summed E-state index contributed by atoms with van der Waals surface area (Å²) in [4.78, 5) is 13.3. The highest BCUT2D eigenvalue weighted by molar-refractivity contribution is 7.93. The Morgan fingerprint density at radius 2 is 1.49 bits per heavy atom. The molecule has 1 amide bonds. The van der Waals surface area contributed by atoms with E-state index in [0.29, 0.717) is 31.1 Å². The number of para-hydroxylation sites is 2.